The van der Waals surface area contributed by atoms with E-state index in [4.69, 9.17) is 0 Å². The predicted octanol–water partition coefficient (Wildman–Crippen LogP) is 2.32. The van der Waals surface area contributed by atoms with Gasteiger partial charge in [-0.05, 0) is 52.4 Å². The van der Waals surface area contributed by atoms with Crippen LogP contribution in [0.5, 0.6) is 0 Å². The van der Waals surface area contributed by atoms with Crippen LogP contribution in [0.15, 0.2) is 24.3 Å². The predicted molar refractivity (Wildman–Crippen MR) is 75.9 cm³/mol. The van der Waals surface area contributed by atoms with E-state index >= 15 is 0 Å². The zero-order valence-electron chi connectivity index (χ0n) is 11.9. The first kappa shape index (κ1) is 14.7. The maximum atomic E-state index is 12.5. The lowest BCUT2D eigenvalue weighted by molar-refractivity contribution is 0.0716. The summed E-state index contributed by atoms with van der Waals surface area (Å²) in [4.78, 5) is 14.4. The largest absolute Gasteiger partial charge is 0.336 e. The van der Waals surface area contributed by atoms with Gasteiger partial charge in [-0.15, -0.1) is 0 Å². The van der Waals surface area contributed by atoms with E-state index in [0.717, 1.165) is 30.6 Å². The summed E-state index contributed by atoms with van der Waals surface area (Å²) in [5.74, 6) is 0.138. The quantitative estimate of drug-likeness (QED) is 0.838. The smallest absolute Gasteiger partial charge is 0.254 e. The van der Waals surface area contributed by atoms with Crippen LogP contribution in [0, 0.1) is 0 Å². The van der Waals surface area contributed by atoms with Crippen molar-refractivity contribution in [1.82, 2.24) is 10.2 Å². The van der Waals surface area contributed by atoms with Crippen molar-refractivity contribution < 1.29 is 4.79 Å². The van der Waals surface area contributed by atoms with Crippen molar-refractivity contribution in [3.8, 4) is 0 Å². The normalized spacial score (nSPS) is 10.7. The molecule has 0 atom stereocenters. The summed E-state index contributed by atoms with van der Waals surface area (Å²) in [7, 11) is 1.93. The average Bonchev–Trinajstić information content (AvgIpc) is 2.37. The molecule has 1 amide bonds. The Labute approximate surface area is 110 Å². The molecule has 0 bridgehead atoms. The van der Waals surface area contributed by atoms with Crippen LogP contribution in [0.4, 0.5) is 0 Å². The molecular formula is C15H24N2O. The number of amides is 1. The van der Waals surface area contributed by atoms with Gasteiger partial charge in [0.2, 0.25) is 0 Å². The molecule has 0 unspecified atom stereocenters. The third-order valence-electron chi connectivity index (χ3n) is 3.12. The molecule has 1 aromatic carbocycles. The molecule has 0 radical (unpaired) electrons. The third kappa shape index (κ3) is 3.57. The first-order valence-electron chi connectivity index (χ1n) is 6.65. The fraction of sp³-hybridized carbons (Fsp3) is 0.533. The van der Waals surface area contributed by atoms with Gasteiger partial charge in [0.1, 0.15) is 0 Å². The monoisotopic (exact) mass is 248 g/mol. The molecule has 1 N–H and O–H groups in total. The van der Waals surface area contributed by atoms with Gasteiger partial charge in [0.25, 0.3) is 5.91 Å². The van der Waals surface area contributed by atoms with Crippen LogP contribution in [-0.2, 0) is 6.42 Å². The van der Waals surface area contributed by atoms with E-state index in [1.807, 2.05) is 43.1 Å². The highest BCUT2D eigenvalue weighted by Crippen LogP contribution is 2.14. The van der Waals surface area contributed by atoms with Gasteiger partial charge in [-0.1, -0.05) is 18.2 Å². The lowest BCUT2D eigenvalue weighted by Gasteiger charge is -2.26. The van der Waals surface area contributed by atoms with Gasteiger partial charge in [0.05, 0.1) is 0 Å². The van der Waals surface area contributed by atoms with Crippen LogP contribution in [0.3, 0.4) is 0 Å². The van der Waals surface area contributed by atoms with Crippen LogP contribution >= 0.6 is 0 Å². The summed E-state index contributed by atoms with van der Waals surface area (Å²) in [6.07, 6.45) is 0.883. The first-order valence-corrected chi connectivity index (χ1v) is 6.65. The van der Waals surface area contributed by atoms with Crippen molar-refractivity contribution in [3.05, 3.63) is 35.4 Å². The van der Waals surface area contributed by atoms with Crippen LogP contribution in [0.2, 0.25) is 0 Å². The van der Waals surface area contributed by atoms with Gasteiger partial charge in [0, 0.05) is 18.2 Å². The Morgan fingerprint density at radius 3 is 2.56 bits per heavy atom. The summed E-state index contributed by atoms with van der Waals surface area (Å²) < 4.78 is 0. The standard InChI is InChI=1S/C15H24N2O/c1-5-17(12(2)3)15(18)14-9-7-6-8-13(14)10-11-16-4/h6-9,12,16H,5,10-11H2,1-4H3. The van der Waals surface area contributed by atoms with Gasteiger partial charge < -0.3 is 10.2 Å². The van der Waals surface area contributed by atoms with E-state index in [2.05, 4.69) is 19.2 Å². The van der Waals surface area contributed by atoms with Crippen LogP contribution in [0.25, 0.3) is 0 Å². The molecule has 3 nitrogen and oxygen atoms in total. The van der Waals surface area contributed by atoms with E-state index in [-0.39, 0.29) is 11.9 Å². The summed E-state index contributed by atoms with van der Waals surface area (Å²) in [5.41, 5.74) is 1.96. The van der Waals surface area contributed by atoms with E-state index in [0.29, 0.717) is 0 Å². The molecule has 0 heterocycles. The molecule has 0 aliphatic carbocycles. The second-order valence-electron chi connectivity index (χ2n) is 4.70. The van der Waals surface area contributed by atoms with E-state index in [1.165, 1.54) is 0 Å². The van der Waals surface area contributed by atoms with E-state index in [1.54, 1.807) is 0 Å². The number of likely N-dealkylation sites (N-methyl/N-ethyl adjacent to an activating group) is 1. The highest BCUT2D eigenvalue weighted by molar-refractivity contribution is 5.95. The number of rotatable bonds is 6. The molecule has 18 heavy (non-hydrogen) atoms. The fourth-order valence-corrected chi connectivity index (χ4v) is 2.10. The number of hydrogen-bond acceptors (Lipinski definition) is 2. The SMILES string of the molecule is CCN(C(=O)c1ccccc1CCNC)C(C)C. The molecule has 0 saturated carbocycles. The molecule has 100 valence electrons. The molecule has 0 aliphatic rings. The molecule has 0 aromatic heterocycles. The lowest BCUT2D eigenvalue weighted by atomic mass is 10.0. The zero-order valence-corrected chi connectivity index (χ0v) is 11.9. The van der Waals surface area contributed by atoms with E-state index in [9.17, 15) is 4.79 Å². The van der Waals surface area contributed by atoms with Crippen molar-refractivity contribution in [2.24, 2.45) is 0 Å². The number of hydrogen-bond donors (Lipinski definition) is 1. The van der Waals surface area contributed by atoms with Gasteiger partial charge >= 0.3 is 0 Å². The molecular weight excluding hydrogens is 224 g/mol. The minimum atomic E-state index is 0.138. The third-order valence-corrected chi connectivity index (χ3v) is 3.12. The molecule has 0 spiro atoms. The Bertz CT molecular complexity index is 388. The fourth-order valence-electron chi connectivity index (χ4n) is 2.10. The molecule has 3 heteroatoms. The summed E-state index contributed by atoms with van der Waals surface area (Å²) in [6, 6.07) is 8.13. The van der Waals surface area contributed by atoms with Crippen LogP contribution in [0.1, 0.15) is 36.7 Å². The topological polar surface area (TPSA) is 32.3 Å². The van der Waals surface area contributed by atoms with Crippen LogP contribution < -0.4 is 5.32 Å². The Kier molecular flexibility index (Phi) is 5.86. The zero-order chi connectivity index (χ0) is 13.5. The van der Waals surface area contributed by atoms with Gasteiger partial charge in [-0.3, -0.25) is 4.79 Å². The Morgan fingerprint density at radius 1 is 1.33 bits per heavy atom. The minimum Gasteiger partial charge on any atom is -0.336 e. The Morgan fingerprint density at radius 2 is 2.00 bits per heavy atom. The lowest BCUT2D eigenvalue weighted by Crippen LogP contribution is -2.37. The molecule has 0 aliphatic heterocycles. The second kappa shape index (κ2) is 7.17. The second-order valence-corrected chi connectivity index (χ2v) is 4.70. The maximum Gasteiger partial charge on any atom is 0.254 e. The van der Waals surface area contributed by atoms with E-state index < -0.39 is 0 Å². The van der Waals surface area contributed by atoms with Crippen LogP contribution in [-0.4, -0.2) is 37.0 Å². The van der Waals surface area contributed by atoms with Crippen molar-refractivity contribution in [1.29, 1.82) is 0 Å². The van der Waals surface area contributed by atoms with Gasteiger partial charge in [0.15, 0.2) is 0 Å². The minimum absolute atomic E-state index is 0.138. The van der Waals surface area contributed by atoms with Crippen molar-refractivity contribution >= 4 is 5.91 Å². The summed E-state index contributed by atoms with van der Waals surface area (Å²) in [5, 5.41) is 3.12. The highest BCUT2D eigenvalue weighted by Gasteiger charge is 2.19. The Hall–Kier alpha value is -1.35. The molecule has 0 saturated heterocycles. The number of carbonyl (C=O) groups is 1. The molecule has 1 aromatic rings. The van der Waals surface area contributed by atoms with Crippen molar-refractivity contribution in [2.45, 2.75) is 33.2 Å². The van der Waals surface area contributed by atoms with Crippen molar-refractivity contribution in [2.75, 3.05) is 20.1 Å². The molecule has 1 rings (SSSR count). The maximum absolute atomic E-state index is 12.5. The van der Waals surface area contributed by atoms with Gasteiger partial charge in [-0.25, -0.2) is 0 Å². The highest BCUT2D eigenvalue weighted by atomic mass is 16.2. The van der Waals surface area contributed by atoms with Crippen molar-refractivity contribution in [3.63, 3.8) is 0 Å². The number of benzene rings is 1. The summed E-state index contributed by atoms with van der Waals surface area (Å²) in [6.45, 7) is 7.76. The Balaban J connectivity index is 2.96. The molecule has 0 fully saturated rings. The average molecular weight is 248 g/mol. The number of carbonyl (C=O) groups excluding carboxylic acids is 1. The number of nitrogens with zero attached hydrogens (tertiary/aromatic N) is 1. The van der Waals surface area contributed by atoms with Gasteiger partial charge in [-0.2, -0.15) is 0 Å². The first-order chi connectivity index (χ1) is 8.61. The summed E-state index contributed by atoms with van der Waals surface area (Å²) >= 11 is 0. The number of nitrogens with one attached hydrogen (secondary N) is 1.